The first-order valence-electron chi connectivity index (χ1n) is 3.70. The van der Waals surface area contributed by atoms with Crippen molar-refractivity contribution in [3.05, 3.63) is 26.2 Å². The van der Waals surface area contributed by atoms with Gasteiger partial charge in [-0.25, -0.2) is 0 Å². The molecule has 7 heteroatoms. The maximum atomic E-state index is 11.4. The topological polar surface area (TPSA) is 92.5 Å². The average Bonchev–Trinajstić information content (AvgIpc) is 2.19. The van der Waals surface area contributed by atoms with Gasteiger partial charge in [-0.1, -0.05) is 0 Å². The molecule has 0 amide bonds. The molecular formula is C8H5BrNO5-. The van der Waals surface area contributed by atoms with Crippen LogP contribution in [0.3, 0.4) is 0 Å². The second-order valence-electron chi connectivity index (χ2n) is 2.53. The van der Waals surface area contributed by atoms with Crippen molar-refractivity contribution in [2.45, 2.75) is 0 Å². The van der Waals surface area contributed by atoms with E-state index < -0.39 is 16.4 Å². The molecule has 0 saturated heterocycles. The van der Waals surface area contributed by atoms with Crippen LogP contribution in [-0.2, 0) is 0 Å². The quantitative estimate of drug-likeness (QED) is 0.470. The van der Waals surface area contributed by atoms with Crippen molar-refractivity contribution in [3.8, 4) is 11.5 Å². The molecule has 0 unspecified atom stereocenters. The molecule has 80 valence electrons. The number of rotatable bonds is 3. The molecule has 0 spiro atoms. The van der Waals surface area contributed by atoms with E-state index in [1.807, 2.05) is 0 Å². The Balaban J connectivity index is 3.62. The Kier molecular flexibility index (Phi) is 3.25. The van der Waals surface area contributed by atoms with Gasteiger partial charge in [0.1, 0.15) is 11.3 Å². The molecule has 0 bridgehead atoms. The number of methoxy groups -OCH3 is 1. The van der Waals surface area contributed by atoms with Gasteiger partial charge in [0.25, 0.3) is 5.69 Å². The third-order valence-electron chi connectivity index (χ3n) is 1.73. The summed E-state index contributed by atoms with van der Waals surface area (Å²) < 4.78 is 4.81. The van der Waals surface area contributed by atoms with Gasteiger partial charge in [-0.3, -0.25) is 14.9 Å². The van der Waals surface area contributed by atoms with Crippen molar-refractivity contribution < 1.29 is 19.6 Å². The Morgan fingerprint density at radius 1 is 1.60 bits per heavy atom. The fourth-order valence-electron chi connectivity index (χ4n) is 1.06. The molecule has 1 rings (SSSR count). The van der Waals surface area contributed by atoms with Crippen LogP contribution >= 0.6 is 15.9 Å². The molecule has 0 saturated carbocycles. The molecule has 1 aromatic carbocycles. The number of hydrogen-bond acceptors (Lipinski definition) is 5. The van der Waals surface area contributed by atoms with Gasteiger partial charge in [0.2, 0.25) is 0 Å². The Morgan fingerprint density at radius 2 is 2.20 bits per heavy atom. The lowest BCUT2D eigenvalue weighted by Gasteiger charge is -2.14. The summed E-state index contributed by atoms with van der Waals surface area (Å²) in [5, 5.41) is 22.0. The number of nitro groups is 1. The van der Waals surface area contributed by atoms with Crippen LogP contribution in [0, 0.1) is 10.1 Å². The number of aldehydes is 1. The maximum absolute atomic E-state index is 11.4. The van der Waals surface area contributed by atoms with Gasteiger partial charge < -0.3 is 9.84 Å². The van der Waals surface area contributed by atoms with E-state index in [4.69, 9.17) is 0 Å². The Hall–Kier alpha value is -1.63. The lowest BCUT2D eigenvalue weighted by Crippen LogP contribution is -2.04. The van der Waals surface area contributed by atoms with E-state index >= 15 is 0 Å². The first-order valence-corrected chi connectivity index (χ1v) is 4.49. The number of halogens is 1. The van der Waals surface area contributed by atoms with E-state index in [2.05, 4.69) is 20.7 Å². The van der Waals surface area contributed by atoms with Crippen LogP contribution in [0.15, 0.2) is 10.5 Å². The van der Waals surface area contributed by atoms with E-state index in [-0.39, 0.29) is 22.1 Å². The van der Waals surface area contributed by atoms with Crippen molar-refractivity contribution in [1.29, 1.82) is 0 Å². The number of carbonyl (C=O) groups excluding carboxylic acids is 1. The number of nitrogens with zero attached hydrogens (tertiary/aromatic N) is 1. The molecule has 0 fully saturated rings. The zero-order valence-corrected chi connectivity index (χ0v) is 9.11. The standard InChI is InChI=1S/C8H6BrNO5/c1-15-6-2-5(9)4(3-11)7(8(6)12)10(13)14/h2-3,12H,1H3/p-1. The van der Waals surface area contributed by atoms with Crippen molar-refractivity contribution >= 4 is 27.9 Å². The molecule has 0 radical (unpaired) electrons. The van der Waals surface area contributed by atoms with E-state index in [9.17, 15) is 20.0 Å². The zero-order valence-electron chi connectivity index (χ0n) is 7.52. The number of nitro benzene ring substituents is 1. The fraction of sp³-hybridized carbons (Fsp3) is 0.125. The molecular weight excluding hydrogens is 270 g/mol. The first-order chi connectivity index (χ1) is 7.02. The summed E-state index contributed by atoms with van der Waals surface area (Å²) in [7, 11) is 1.22. The summed E-state index contributed by atoms with van der Waals surface area (Å²) in [6.45, 7) is 0. The molecule has 0 atom stereocenters. The van der Waals surface area contributed by atoms with Crippen molar-refractivity contribution in [2.75, 3.05) is 7.11 Å². The highest BCUT2D eigenvalue weighted by Crippen LogP contribution is 2.39. The van der Waals surface area contributed by atoms with Crippen LogP contribution in [0.1, 0.15) is 10.4 Å². The molecule has 0 aliphatic heterocycles. The van der Waals surface area contributed by atoms with Crippen LogP contribution in [0.5, 0.6) is 11.5 Å². The maximum Gasteiger partial charge on any atom is 0.277 e. The Labute approximate surface area is 92.8 Å². The summed E-state index contributed by atoms with van der Waals surface area (Å²) in [6.07, 6.45) is 0.253. The molecule has 15 heavy (non-hydrogen) atoms. The van der Waals surface area contributed by atoms with E-state index in [0.717, 1.165) is 0 Å². The summed E-state index contributed by atoms with van der Waals surface area (Å²) in [4.78, 5) is 20.3. The molecule has 6 nitrogen and oxygen atoms in total. The van der Waals surface area contributed by atoms with Crippen molar-refractivity contribution in [1.82, 2.24) is 0 Å². The smallest absolute Gasteiger partial charge is 0.277 e. The third-order valence-corrected chi connectivity index (χ3v) is 2.39. The average molecular weight is 275 g/mol. The van der Waals surface area contributed by atoms with Gasteiger partial charge in [-0.15, -0.1) is 0 Å². The molecule has 0 aliphatic carbocycles. The van der Waals surface area contributed by atoms with Crippen LogP contribution in [0.2, 0.25) is 0 Å². The molecule has 1 aromatic rings. The predicted octanol–water partition coefficient (Wildman–Crippen LogP) is 1.25. The van der Waals surface area contributed by atoms with Gasteiger partial charge in [0, 0.05) is 10.2 Å². The minimum atomic E-state index is -0.909. The molecule has 0 aliphatic rings. The molecule has 0 heterocycles. The van der Waals surface area contributed by atoms with E-state index in [1.165, 1.54) is 13.2 Å². The summed E-state index contributed by atoms with van der Waals surface area (Å²) in [6, 6.07) is 1.22. The molecule has 0 aromatic heterocycles. The highest BCUT2D eigenvalue weighted by Gasteiger charge is 2.20. The third kappa shape index (κ3) is 1.91. The van der Waals surface area contributed by atoms with Crippen molar-refractivity contribution in [3.63, 3.8) is 0 Å². The minimum absolute atomic E-state index is 0.153. The predicted molar refractivity (Wildman–Crippen MR) is 52.2 cm³/mol. The highest BCUT2D eigenvalue weighted by molar-refractivity contribution is 9.10. The van der Waals surface area contributed by atoms with Crippen LogP contribution in [-0.4, -0.2) is 18.3 Å². The zero-order chi connectivity index (χ0) is 11.6. The Bertz CT molecular complexity index is 432. The Morgan fingerprint density at radius 3 is 2.60 bits per heavy atom. The highest BCUT2D eigenvalue weighted by atomic mass is 79.9. The van der Waals surface area contributed by atoms with Crippen LogP contribution in [0.25, 0.3) is 0 Å². The number of carbonyl (C=O) groups is 1. The lowest BCUT2D eigenvalue weighted by molar-refractivity contribution is -0.398. The first kappa shape index (κ1) is 11.4. The largest absolute Gasteiger partial charge is 0.865 e. The summed E-state index contributed by atoms with van der Waals surface area (Å²) in [5.74, 6) is -1.09. The minimum Gasteiger partial charge on any atom is -0.865 e. The van der Waals surface area contributed by atoms with Crippen LogP contribution < -0.4 is 9.84 Å². The summed E-state index contributed by atoms with van der Waals surface area (Å²) in [5.41, 5.74) is -1.07. The van der Waals surface area contributed by atoms with Gasteiger partial charge in [-0.05, 0) is 22.0 Å². The second-order valence-corrected chi connectivity index (χ2v) is 3.38. The van der Waals surface area contributed by atoms with Gasteiger partial charge in [0.15, 0.2) is 6.29 Å². The van der Waals surface area contributed by atoms with E-state index in [0.29, 0.717) is 0 Å². The monoisotopic (exact) mass is 274 g/mol. The fourth-order valence-corrected chi connectivity index (χ4v) is 1.54. The number of benzene rings is 1. The van der Waals surface area contributed by atoms with Crippen LogP contribution in [0.4, 0.5) is 5.69 Å². The van der Waals surface area contributed by atoms with Gasteiger partial charge >= 0.3 is 0 Å². The second kappa shape index (κ2) is 4.26. The normalized spacial score (nSPS) is 9.73. The van der Waals surface area contributed by atoms with Gasteiger partial charge in [-0.2, -0.15) is 0 Å². The SMILES string of the molecule is COc1cc(Br)c(C=O)c([N+](=O)[O-])c1[O-]. The lowest BCUT2D eigenvalue weighted by atomic mass is 10.1. The van der Waals surface area contributed by atoms with Gasteiger partial charge in [0.05, 0.1) is 12.0 Å². The number of ether oxygens (including phenoxy) is 1. The number of hydrogen-bond donors (Lipinski definition) is 0. The van der Waals surface area contributed by atoms with Crippen molar-refractivity contribution in [2.24, 2.45) is 0 Å². The van der Waals surface area contributed by atoms with E-state index in [1.54, 1.807) is 0 Å². The summed E-state index contributed by atoms with van der Waals surface area (Å²) >= 11 is 2.95. The molecule has 0 N–H and O–H groups in total.